The maximum absolute atomic E-state index is 8.39. The van der Waals surface area contributed by atoms with Crippen molar-refractivity contribution in [1.29, 1.82) is 0 Å². The molecule has 0 atom stereocenters. The SMILES string of the molecule is OCCOCCOCCOCOCCO. The molecule has 0 unspecified atom stereocenters. The van der Waals surface area contributed by atoms with Gasteiger partial charge in [0.15, 0.2) is 0 Å². The van der Waals surface area contributed by atoms with Crippen LogP contribution in [-0.4, -0.2) is 69.9 Å². The summed E-state index contributed by atoms with van der Waals surface area (Å²) >= 11 is 0. The molecule has 0 aromatic rings. The molecule has 92 valence electrons. The number of aliphatic hydroxyl groups excluding tert-OH is 2. The predicted octanol–water partition coefficient (Wildman–Crippen LogP) is -1.01. The topological polar surface area (TPSA) is 77.4 Å². The van der Waals surface area contributed by atoms with Gasteiger partial charge in [0, 0.05) is 0 Å². The Morgan fingerprint density at radius 2 is 0.933 bits per heavy atom. The molecule has 0 saturated carbocycles. The van der Waals surface area contributed by atoms with Crippen LogP contribution in [0, 0.1) is 0 Å². The monoisotopic (exact) mass is 224 g/mol. The molecule has 0 aromatic carbocycles. The van der Waals surface area contributed by atoms with Crippen molar-refractivity contribution in [3.05, 3.63) is 0 Å². The zero-order valence-corrected chi connectivity index (χ0v) is 8.89. The molecule has 6 nitrogen and oxygen atoms in total. The number of hydrogen-bond acceptors (Lipinski definition) is 6. The lowest BCUT2D eigenvalue weighted by Gasteiger charge is -2.06. The zero-order chi connectivity index (χ0) is 11.2. The van der Waals surface area contributed by atoms with E-state index in [1.807, 2.05) is 0 Å². The van der Waals surface area contributed by atoms with Crippen molar-refractivity contribution < 1.29 is 29.2 Å². The van der Waals surface area contributed by atoms with E-state index in [0.29, 0.717) is 33.0 Å². The number of rotatable bonds is 12. The standard InChI is InChI=1S/C9H20O6/c10-1-3-12-5-6-13-7-8-15-9-14-4-2-11/h10-11H,1-9H2. The molecule has 0 spiro atoms. The molecular formula is C9H20O6. The average molecular weight is 224 g/mol. The predicted molar refractivity (Wildman–Crippen MR) is 52.6 cm³/mol. The number of hydrogen-bond donors (Lipinski definition) is 2. The summed E-state index contributed by atoms with van der Waals surface area (Å²) in [6.45, 7) is 2.72. The fourth-order valence-corrected chi connectivity index (χ4v) is 0.746. The highest BCUT2D eigenvalue weighted by Gasteiger charge is 1.91. The molecule has 0 aromatic heterocycles. The molecule has 2 N–H and O–H groups in total. The van der Waals surface area contributed by atoms with Gasteiger partial charge in [-0.3, -0.25) is 0 Å². The lowest BCUT2D eigenvalue weighted by Crippen LogP contribution is -2.12. The summed E-state index contributed by atoms with van der Waals surface area (Å²) in [5.74, 6) is 0. The number of aliphatic hydroxyl groups is 2. The van der Waals surface area contributed by atoms with Gasteiger partial charge in [-0.2, -0.15) is 0 Å². The van der Waals surface area contributed by atoms with Crippen molar-refractivity contribution in [2.75, 3.05) is 59.6 Å². The summed E-state index contributed by atoms with van der Waals surface area (Å²) in [5, 5.41) is 16.8. The van der Waals surface area contributed by atoms with Gasteiger partial charge in [0.1, 0.15) is 6.79 Å². The summed E-state index contributed by atoms with van der Waals surface area (Å²) in [6, 6.07) is 0. The van der Waals surface area contributed by atoms with Crippen LogP contribution in [0.15, 0.2) is 0 Å². The highest BCUT2D eigenvalue weighted by molar-refractivity contribution is 4.32. The highest BCUT2D eigenvalue weighted by Crippen LogP contribution is 1.82. The van der Waals surface area contributed by atoms with E-state index in [0.717, 1.165) is 0 Å². The lowest BCUT2D eigenvalue weighted by atomic mass is 10.7. The zero-order valence-electron chi connectivity index (χ0n) is 8.89. The van der Waals surface area contributed by atoms with Crippen LogP contribution in [-0.2, 0) is 18.9 Å². The quantitative estimate of drug-likeness (QED) is 0.327. The summed E-state index contributed by atoms with van der Waals surface area (Å²) in [4.78, 5) is 0. The van der Waals surface area contributed by atoms with Gasteiger partial charge in [0.05, 0.1) is 52.9 Å². The van der Waals surface area contributed by atoms with Gasteiger partial charge in [-0.05, 0) is 0 Å². The number of ether oxygens (including phenoxy) is 4. The third-order valence-corrected chi connectivity index (χ3v) is 1.38. The van der Waals surface area contributed by atoms with E-state index in [4.69, 9.17) is 29.2 Å². The smallest absolute Gasteiger partial charge is 0.146 e. The average Bonchev–Trinajstić information content (AvgIpc) is 2.26. The molecule has 0 aliphatic carbocycles. The van der Waals surface area contributed by atoms with Crippen LogP contribution in [0.4, 0.5) is 0 Å². The van der Waals surface area contributed by atoms with E-state index in [2.05, 4.69) is 0 Å². The molecule has 0 radical (unpaired) electrons. The van der Waals surface area contributed by atoms with Crippen LogP contribution in [0.25, 0.3) is 0 Å². The molecule has 0 aliphatic heterocycles. The molecule has 0 fully saturated rings. The van der Waals surface area contributed by atoms with Crippen LogP contribution in [0.1, 0.15) is 0 Å². The summed E-state index contributed by atoms with van der Waals surface area (Å²) in [6.07, 6.45) is 0. The first-order chi connectivity index (χ1) is 7.41. The lowest BCUT2D eigenvalue weighted by molar-refractivity contribution is -0.0787. The first-order valence-corrected chi connectivity index (χ1v) is 4.94. The fraction of sp³-hybridized carbons (Fsp3) is 1.00. The van der Waals surface area contributed by atoms with E-state index in [9.17, 15) is 0 Å². The van der Waals surface area contributed by atoms with Gasteiger partial charge in [-0.15, -0.1) is 0 Å². The maximum Gasteiger partial charge on any atom is 0.146 e. The molecule has 15 heavy (non-hydrogen) atoms. The third kappa shape index (κ3) is 13.8. The van der Waals surface area contributed by atoms with Crippen molar-refractivity contribution in [2.24, 2.45) is 0 Å². The molecule has 0 saturated heterocycles. The van der Waals surface area contributed by atoms with Crippen LogP contribution >= 0.6 is 0 Å². The van der Waals surface area contributed by atoms with Gasteiger partial charge < -0.3 is 29.2 Å². The van der Waals surface area contributed by atoms with Gasteiger partial charge in [-0.1, -0.05) is 0 Å². The molecular weight excluding hydrogens is 204 g/mol. The van der Waals surface area contributed by atoms with Gasteiger partial charge in [0.25, 0.3) is 0 Å². The summed E-state index contributed by atoms with van der Waals surface area (Å²) < 4.78 is 20.0. The molecule has 0 rings (SSSR count). The normalized spacial score (nSPS) is 10.8. The van der Waals surface area contributed by atoms with E-state index in [1.54, 1.807) is 0 Å². The van der Waals surface area contributed by atoms with Crippen molar-refractivity contribution >= 4 is 0 Å². The minimum absolute atomic E-state index is 0.00204. The summed E-state index contributed by atoms with van der Waals surface area (Å²) in [7, 11) is 0. The van der Waals surface area contributed by atoms with Gasteiger partial charge in [-0.25, -0.2) is 0 Å². The first kappa shape index (κ1) is 14.8. The largest absolute Gasteiger partial charge is 0.394 e. The molecule has 0 amide bonds. The Kier molecular flexibility index (Phi) is 13.5. The Morgan fingerprint density at radius 3 is 1.53 bits per heavy atom. The maximum atomic E-state index is 8.39. The van der Waals surface area contributed by atoms with E-state index >= 15 is 0 Å². The second-order valence-corrected chi connectivity index (χ2v) is 2.61. The first-order valence-electron chi connectivity index (χ1n) is 4.94. The summed E-state index contributed by atoms with van der Waals surface area (Å²) in [5.41, 5.74) is 0. The minimum atomic E-state index is 0.00204. The van der Waals surface area contributed by atoms with E-state index in [1.165, 1.54) is 0 Å². The second-order valence-electron chi connectivity index (χ2n) is 2.61. The van der Waals surface area contributed by atoms with E-state index < -0.39 is 0 Å². The second kappa shape index (κ2) is 13.8. The van der Waals surface area contributed by atoms with E-state index in [-0.39, 0.29) is 26.6 Å². The van der Waals surface area contributed by atoms with Crippen LogP contribution in [0.3, 0.4) is 0 Å². The fourth-order valence-electron chi connectivity index (χ4n) is 0.746. The highest BCUT2D eigenvalue weighted by atomic mass is 16.7. The molecule has 0 heterocycles. The van der Waals surface area contributed by atoms with Crippen LogP contribution in [0.5, 0.6) is 0 Å². The van der Waals surface area contributed by atoms with Crippen molar-refractivity contribution in [2.45, 2.75) is 0 Å². The Morgan fingerprint density at radius 1 is 0.533 bits per heavy atom. The van der Waals surface area contributed by atoms with Crippen molar-refractivity contribution in [1.82, 2.24) is 0 Å². The molecule has 0 bridgehead atoms. The van der Waals surface area contributed by atoms with Crippen LogP contribution in [0.2, 0.25) is 0 Å². The Hall–Kier alpha value is -0.240. The van der Waals surface area contributed by atoms with Crippen LogP contribution < -0.4 is 0 Å². The van der Waals surface area contributed by atoms with Crippen molar-refractivity contribution in [3.8, 4) is 0 Å². The third-order valence-electron chi connectivity index (χ3n) is 1.38. The van der Waals surface area contributed by atoms with Crippen molar-refractivity contribution in [3.63, 3.8) is 0 Å². The molecule has 0 aliphatic rings. The minimum Gasteiger partial charge on any atom is -0.394 e. The Labute approximate surface area is 89.7 Å². The van der Waals surface area contributed by atoms with Gasteiger partial charge in [0.2, 0.25) is 0 Å². The Balaban J connectivity index is 2.81. The molecule has 6 heteroatoms. The Bertz CT molecular complexity index is 98.8. The van der Waals surface area contributed by atoms with Gasteiger partial charge >= 0.3 is 0 Å².